The van der Waals surface area contributed by atoms with Crippen LogP contribution in [0.15, 0.2) is 51.4 Å². The lowest BCUT2D eigenvalue weighted by molar-refractivity contribution is 0.102. The van der Waals surface area contributed by atoms with Crippen molar-refractivity contribution in [2.75, 3.05) is 11.9 Å². The van der Waals surface area contributed by atoms with Crippen molar-refractivity contribution in [3.63, 3.8) is 0 Å². The molecule has 2 aromatic heterocycles. The van der Waals surface area contributed by atoms with Crippen LogP contribution in [-0.4, -0.2) is 35.4 Å². The number of benzene rings is 1. The summed E-state index contributed by atoms with van der Waals surface area (Å²) < 4.78 is 31.7. The van der Waals surface area contributed by atoms with Gasteiger partial charge in [-0.1, -0.05) is 35.9 Å². The number of anilines is 1. The molecule has 3 aromatic rings. The molecule has 27 heavy (non-hydrogen) atoms. The van der Waals surface area contributed by atoms with Gasteiger partial charge in [0, 0.05) is 17.1 Å². The van der Waals surface area contributed by atoms with Gasteiger partial charge in [-0.15, -0.1) is 10.2 Å². The van der Waals surface area contributed by atoms with Gasteiger partial charge in [-0.05, 0) is 30.3 Å². The van der Waals surface area contributed by atoms with Crippen LogP contribution in [0, 0.1) is 0 Å². The molecule has 1 N–H and O–H groups in total. The van der Waals surface area contributed by atoms with Crippen molar-refractivity contribution >= 4 is 44.0 Å². The van der Waals surface area contributed by atoms with E-state index in [1.807, 2.05) is 0 Å². The van der Waals surface area contributed by atoms with Crippen molar-refractivity contribution in [1.29, 1.82) is 0 Å². The van der Waals surface area contributed by atoms with Crippen LogP contribution in [0.1, 0.15) is 23.0 Å². The Labute approximate surface area is 164 Å². The first-order chi connectivity index (χ1) is 12.9. The second-order valence-electron chi connectivity index (χ2n) is 5.35. The molecule has 0 saturated carbocycles. The van der Waals surface area contributed by atoms with Crippen molar-refractivity contribution in [1.82, 2.24) is 14.5 Å². The average Bonchev–Trinajstić information content (AvgIpc) is 3.31. The van der Waals surface area contributed by atoms with Crippen LogP contribution >= 0.6 is 22.9 Å². The third-order valence-electron chi connectivity index (χ3n) is 3.54. The molecule has 142 valence electrons. The number of sulfonamides is 1. The number of rotatable bonds is 7. The van der Waals surface area contributed by atoms with Crippen LogP contribution in [0.4, 0.5) is 5.13 Å². The maximum atomic E-state index is 12.8. The van der Waals surface area contributed by atoms with E-state index in [9.17, 15) is 13.2 Å². The van der Waals surface area contributed by atoms with E-state index in [1.54, 1.807) is 37.3 Å². The minimum absolute atomic E-state index is 0.0765. The Hall–Kier alpha value is -2.27. The summed E-state index contributed by atoms with van der Waals surface area (Å²) in [5, 5.41) is 10.5. The normalized spacial score (nSPS) is 11.7. The largest absolute Gasteiger partial charge is 0.468 e. The van der Waals surface area contributed by atoms with Gasteiger partial charge in [-0.25, -0.2) is 8.42 Å². The van der Waals surface area contributed by atoms with E-state index in [1.165, 1.54) is 16.6 Å². The first-order valence-electron chi connectivity index (χ1n) is 7.83. The first-order valence-corrected chi connectivity index (χ1v) is 10.5. The second kappa shape index (κ2) is 8.17. The lowest BCUT2D eigenvalue weighted by Crippen LogP contribution is -2.30. The van der Waals surface area contributed by atoms with E-state index in [2.05, 4.69) is 15.5 Å². The van der Waals surface area contributed by atoms with Gasteiger partial charge in [-0.2, -0.15) is 4.31 Å². The number of amides is 1. The molecule has 0 atom stereocenters. The van der Waals surface area contributed by atoms with E-state index >= 15 is 0 Å². The molecule has 2 heterocycles. The molecule has 3 rings (SSSR count). The van der Waals surface area contributed by atoms with E-state index in [0.717, 1.165) is 11.3 Å². The van der Waals surface area contributed by atoms with E-state index < -0.39 is 15.9 Å². The summed E-state index contributed by atoms with van der Waals surface area (Å²) in [5.41, 5.74) is 0.329. The molecular formula is C16H15ClN4O4S2. The monoisotopic (exact) mass is 426 g/mol. The van der Waals surface area contributed by atoms with E-state index in [4.69, 9.17) is 16.0 Å². The van der Waals surface area contributed by atoms with Crippen molar-refractivity contribution in [2.24, 2.45) is 0 Å². The molecular weight excluding hydrogens is 412 g/mol. The highest BCUT2D eigenvalue weighted by Crippen LogP contribution is 2.25. The molecule has 8 nitrogen and oxygen atoms in total. The highest BCUT2D eigenvalue weighted by atomic mass is 35.5. The third-order valence-corrected chi connectivity index (χ3v) is 6.88. The maximum Gasteiger partial charge on any atom is 0.272 e. The lowest BCUT2D eigenvalue weighted by Gasteiger charge is -2.16. The molecule has 0 bridgehead atoms. The number of carbonyl (C=O) groups is 1. The smallest absolute Gasteiger partial charge is 0.272 e. The van der Waals surface area contributed by atoms with Crippen LogP contribution < -0.4 is 5.32 Å². The van der Waals surface area contributed by atoms with Gasteiger partial charge < -0.3 is 4.42 Å². The molecule has 11 heteroatoms. The topological polar surface area (TPSA) is 105 Å². The Morgan fingerprint density at radius 3 is 2.78 bits per heavy atom. The average molecular weight is 427 g/mol. The summed E-state index contributed by atoms with van der Waals surface area (Å²) >= 11 is 6.64. The highest BCUT2D eigenvalue weighted by molar-refractivity contribution is 7.91. The standard InChI is InChI=1S/C16H15ClN4O4S2/c1-2-21(10-13-7-4-8-25-13)27(23,24)16-20-19-15(26-16)18-14(22)11-5-3-6-12(17)9-11/h3-9H,2,10H2,1H3,(H,18,19,22). The Kier molecular flexibility index (Phi) is 5.90. The number of furan rings is 1. The molecule has 0 saturated heterocycles. The Morgan fingerprint density at radius 1 is 1.30 bits per heavy atom. The fraction of sp³-hybridized carbons (Fsp3) is 0.188. The maximum absolute atomic E-state index is 12.8. The highest BCUT2D eigenvalue weighted by Gasteiger charge is 2.28. The van der Waals surface area contributed by atoms with Crippen LogP contribution in [0.5, 0.6) is 0 Å². The summed E-state index contributed by atoms with van der Waals surface area (Å²) in [7, 11) is -3.87. The lowest BCUT2D eigenvalue weighted by atomic mass is 10.2. The van der Waals surface area contributed by atoms with Crippen molar-refractivity contribution in [3.05, 3.63) is 59.0 Å². The zero-order valence-corrected chi connectivity index (χ0v) is 16.5. The fourth-order valence-electron chi connectivity index (χ4n) is 2.22. The summed E-state index contributed by atoms with van der Waals surface area (Å²) in [5.74, 6) is 0.0555. The number of aromatic nitrogens is 2. The zero-order valence-electron chi connectivity index (χ0n) is 14.1. The molecule has 0 spiro atoms. The number of carbonyl (C=O) groups excluding carboxylic acids is 1. The molecule has 1 aromatic carbocycles. The molecule has 0 radical (unpaired) electrons. The number of nitrogens with zero attached hydrogens (tertiary/aromatic N) is 3. The number of hydrogen-bond donors (Lipinski definition) is 1. The van der Waals surface area contributed by atoms with Crippen LogP contribution in [0.2, 0.25) is 5.02 Å². The minimum Gasteiger partial charge on any atom is -0.468 e. The van der Waals surface area contributed by atoms with Gasteiger partial charge >= 0.3 is 0 Å². The third kappa shape index (κ3) is 4.53. The molecule has 0 aliphatic heterocycles. The summed E-state index contributed by atoms with van der Waals surface area (Å²) in [4.78, 5) is 12.2. The molecule has 0 aliphatic carbocycles. The van der Waals surface area contributed by atoms with Crippen molar-refractivity contribution < 1.29 is 17.6 Å². The van der Waals surface area contributed by atoms with Crippen LogP contribution in [0.25, 0.3) is 0 Å². The Balaban J connectivity index is 1.76. The molecule has 1 amide bonds. The van der Waals surface area contributed by atoms with E-state index in [-0.39, 0.29) is 22.6 Å². The van der Waals surface area contributed by atoms with Crippen molar-refractivity contribution in [3.8, 4) is 0 Å². The first kappa shape index (κ1) is 19.5. The number of hydrogen-bond acceptors (Lipinski definition) is 7. The minimum atomic E-state index is -3.87. The van der Waals surface area contributed by atoms with Gasteiger partial charge in [0.25, 0.3) is 15.9 Å². The number of halogens is 1. The Morgan fingerprint density at radius 2 is 2.11 bits per heavy atom. The number of nitrogens with one attached hydrogen (secondary N) is 1. The molecule has 0 aliphatic rings. The van der Waals surface area contributed by atoms with Gasteiger partial charge in [0.2, 0.25) is 9.47 Å². The van der Waals surface area contributed by atoms with Crippen LogP contribution in [0.3, 0.4) is 0 Å². The second-order valence-corrected chi connectivity index (χ2v) is 8.87. The fourth-order valence-corrected chi connectivity index (χ4v) is 4.86. The van der Waals surface area contributed by atoms with Crippen molar-refractivity contribution in [2.45, 2.75) is 17.8 Å². The van der Waals surface area contributed by atoms with Crippen LogP contribution in [-0.2, 0) is 16.6 Å². The Bertz CT molecular complexity index is 1030. The van der Waals surface area contributed by atoms with E-state index in [0.29, 0.717) is 16.3 Å². The summed E-state index contributed by atoms with van der Waals surface area (Å²) in [6.07, 6.45) is 1.48. The SMILES string of the molecule is CCN(Cc1ccco1)S(=O)(=O)c1nnc(NC(=O)c2cccc(Cl)c2)s1. The predicted molar refractivity (Wildman–Crippen MR) is 101 cm³/mol. The molecule has 0 unspecified atom stereocenters. The molecule has 0 fully saturated rings. The quantitative estimate of drug-likeness (QED) is 0.581. The van der Waals surface area contributed by atoms with Gasteiger partial charge in [0.15, 0.2) is 0 Å². The predicted octanol–water partition coefficient (Wildman–Crippen LogP) is 3.25. The van der Waals surface area contributed by atoms with Gasteiger partial charge in [-0.3, -0.25) is 10.1 Å². The zero-order chi connectivity index (χ0) is 19.4. The van der Waals surface area contributed by atoms with Gasteiger partial charge in [0.1, 0.15) is 5.76 Å². The van der Waals surface area contributed by atoms with Gasteiger partial charge in [0.05, 0.1) is 12.8 Å². The summed E-state index contributed by atoms with van der Waals surface area (Å²) in [6, 6.07) is 9.74. The summed E-state index contributed by atoms with van der Waals surface area (Å²) in [6.45, 7) is 2.02.